The first-order valence-electron chi connectivity index (χ1n) is 6.13. The second kappa shape index (κ2) is 6.09. The summed E-state index contributed by atoms with van der Waals surface area (Å²) in [6, 6.07) is 11.0. The van der Waals surface area contributed by atoms with Gasteiger partial charge in [-0.05, 0) is 24.3 Å². The molecule has 1 amide bonds. The molecule has 2 aromatic rings. The maximum Gasteiger partial charge on any atom is 0.257 e. The zero-order chi connectivity index (χ0) is 13.7. The first kappa shape index (κ1) is 13.2. The molecule has 100 valence electrons. The van der Waals surface area contributed by atoms with Crippen molar-refractivity contribution in [1.29, 1.82) is 0 Å². The fraction of sp³-hybridized carbons (Fsp3) is 0.267. The van der Waals surface area contributed by atoms with Gasteiger partial charge in [0, 0.05) is 20.0 Å². The van der Waals surface area contributed by atoms with Crippen molar-refractivity contribution in [2.75, 3.05) is 20.7 Å². The number of methoxy groups -OCH3 is 1. The lowest BCUT2D eigenvalue weighted by Crippen LogP contribution is -2.29. The van der Waals surface area contributed by atoms with Gasteiger partial charge < -0.3 is 14.1 Å². The van der Waals surface area contributed by atoms with Crippen LogP contribution in [-0.4, -0.2) is 31.5 Å². The van der Waals surface area contributed by atoms with E-state index in [4.69, 9.17) is 9.15 Å². The van der Waals surface area contributed by atoms with E-state index >= 15 is 0 Å². The SMILES string of the molecule is COc1ccccc1C(=O)N(C)CCc1ccco1. The van der Waals surface area contributed by atoms with Crippen LogP contribution in [0.2, 0.25) is 0 Å². The van der Waals surface area contributed by atoms with E-state index in [0.29, 0.717) is 24.3 Å². The van der Waals surface area contributed by atoms with Gasteiger partial charge in [0.15, 0.2) is 0 Å². The Morgan fingerprint density at radius 2 is 2.05 bits per heavy atom. The third kappa shape index (κ3) is 3.16. The van der Waals surface area contributed by atoms with E-state index in [0.717, 1.165) is 5.76 Å². The van der Waals surface area contributed by atoms with E-state index in [-0.39, 0.29) is 5.91 Å². The topological polar surface area (TPSA) is 42.7 Å². The molecule has 1 heterocycles. The van der Waals surface area contributed by atoms with Gasteiger partial charge in [0.25, 0.3) is 5.91 Å². The molecule has 1 aromatic heterocycles. The highest BCUT2D eigenvalue weighted by atomic mass is 16.5. The Balaban J connectivity index is 2.02. The van der Waals surface area contributed by atoms with Crippen molar-refractivity contribution < 1.29 is 13.9 Å². The number of carbonyl (C=O) groups is 1. The first-order chi connectivity index (χ1) is 9.22. The summed E-state index contributed by atoms with van der Waals surface area (Å²) in [7, 11) is 3.34. The van der Waals surface area contributed by atoms with Crippen LogP contribution in [0.25, 0.3) is 0 Å². The summed E-state index contributed by atoms with van der Waals surface area (Å²) in [6.07, 6.45) is 2.34. The van der Waals surface area contributed by atoms with E-state index in [1.807, 2.05) is 24.3 Å². The van der Waals surface area contributed by atoms with Gasteiger partial charge in [-0.15, -0.1) is 0 Å². The first-order valence-corrected chi connectivity index (χ1v) is 6.13. The Morgan fingerprint density at radius 1 is 1.26 bits per heavy atom. The van der Waals surface area contributed by atoms with E-state index in [9.17, 15) is 4.79 Å². The van der Waals surface area contributed by atoms with Crippen molar-refractivity contribution in [3.63, 3.8) is 0 Å². The third-order valence-electron chi connectivity index (χ3n) is 2.96. The zero-order valence-electron chi connectivity index (χ0n) is 11.1. The molecule has 0 radical (unpaired) electrons. The van der Waals surface area contributed by atoms with Crippen LogP contribution in [-0.2, 0) is 6.42 Å². The van der Waals surface area contributed by atoms with Crippen molar-refractivity contribution in [2.45, 2.75) is 6.42 Å². The number of ether oxygens (including phenoxy) is 1. The monoisotopic (exact) mass is 259 g/mol. The molecule has 2 rings (SSSR count). The highest BCUT2D eigenvalue weighted by Gasteiger charge is 2.16. The van der Waals surface area contributed by atoms with Gasteiger partial charge in [-0.1, -0.05) is 12.1 Å². The number of amides is 1. The number of nitrogens with zero attached hydrogens (tertiary/aromatic N) is 1. The summed E-state index contributed by atoms with van der Waals surface area (Å²) in [4.78, 5) is 14.0. The summed E-state index contributed by atoms with van der Waals surface area (Å²) in [5.74, 6) is 1.42. The van der Waals surface area contributed by atoms with Crippen molar-refractivity contribution in [1.82, 2.24) is 4.90 Å². The number of rotatable bonds is 5. The molecule has 0 atom stereocenters. The number of carbonyl (C=O) groups excluding carboxylic acids is 1. The number of hydrogen-bond donors (Lipinski definition) is 0. The highest BCUT2D eigenvalue weighted by Crippen LogP contribution is 2.18. The van der Waals surface area contributed by atoms with Crippen LogP contribution in [0.1, 0.15) is 16.1 Å². The molecule has 4 heteroatoms. The summed E-state index contributed by atoms with van der Waals surface area (Å²) < 4.78 is 10.5. The minimum atomic E-state index is -0.0518. The highest BCUT2D eigenvalue weighted by molar-refractivity contribution is 5.96. The lowest BCUT2D eigenvalue weighted by Gasteiger charge is -2.18. The molecule has 0 aliphatic carbocycles. The summed E-state index contributed by atoms with van der Waals surface area (Å²) in [6.45, 7) is 0.602. The Bertz CT molecular complexity index is 534. The van der Waals surface area contributed by atoms with Crippen LogP contribution >= 0.6 is 0 Å². The van der Waals surface area contributed by atoms with Crippen LogP contribution in [0.5, 0.6) is 5.75 Å². The lowest BCUT2D eigenvalue weighted by atomic mass is 10.1. The summed E-state index contributed by atoms with van der Waals surface area (Å²) in [5.41, 5.74) is 0.576. The molecular formula is C15H17NO3. The number of hydrogen-bond acceptors (Lipinski definition) is 3. The van der Waals surface area contributed by atoms with Crippen LogP contribution < -0.4 is 4.74 Å². The quantitative estimate of drug-likeness (QED) is 0.829. The van der Waals surface area contributed by atoms with Gasteiger partial charge in [-0.25, -0.2) is 0 Å². The molecule has 0 saturated carbocycles. The third-order valence-corrected chi connectivity index (χ3v) is 2.96. The fourth-order valence-corrected chi connectivity index (χ4v) is 1.86. The average Bonchev–Trinajstić information content (AvgIpc) is 2.97. The predicted octanol–water partition coefficient (Wildman–Crippen LogP) is 2.60. The molecule has 0 unspecified atom stereocenters. The zero-order valence-corrected chi connectivity index (χ0v) is 11.1. The molecular weight excluding hydrogens is 242 g/mol. The van der Waals surface area contributed by atoms with Gasteiger partial charge in [-0.3, -0.25) is 4.79 Å². The standard InChI is InChI=1S/C15H17NO3/c1-16(10-9-12-6-5-11-19-12)15(17)13-7-3-4-8-14(13)18-2/h3-8,11H,9-10H2,1-2H3. The maximum absolute atomic E-state index is 12.3. The largest absolute Gasteiger partial charge is 0.496 e. The van der Waals surface area contributed by atoms with Gasteiger partial charge in [0.05, 0.1) is 18.9 Å². The number of para-hydroxylation sites is 1. The van der Waals surface area contributed by atoms with E-state index in [2.05, 4.69) is 0 Å². The van der Waals surface area contributed by atoms with Gasteiger partial charge in [-0.2, -0.15) is 0 Å². The smallest absolute Gasteiger partial charge is 0.257 e. The van der Waals surface area contributed by atoms with E-state index in [1.165, 1.54) is 0 Å². The molecule has 0 bridgehead atoms. The molecule has 0 N–H and O–H groups in total. The van der Waals surface area contributed by atoms with E-state index < -0.39 is 0 Å². The van der Waals surface area contributed by atoms with Crippen molar-refractivity contribution in [3.05, 3.63) is 54.0 Å². The Hall–Kier alpha value is -2.23. The molecule has 1 aromatic carbocycles. The van der Waals surface area contributed by atoms with Crippen LogP contribution in [0.4, 0.5) is 0 Å². The fourth-order valence-electron chi connectivity index (χ4n) is 1.86. The lowest BCUT2D eigenvalue weighted by molar-refractivity contribution is 0.0791. The van der Waals surface area contributed by atoms with Crippen LogP contribution in [0.3, 0.4) is 0 Å². The molecule has 19 heavy (non-hydrogen) atoms. The molecule has 0 aliphatic rings. The average molecular weight is 259 g/mol. The second-order valence-corrected chi connectivity index (χ2v) is 4.26. The molecule has 0 aliphatic heterocycles. The van der Waals surface area contributed by atoms with Crippen molar-refractivity contribution in [3.8, 4) is 5.75 Å². The minimum absolute atomic E-state index is 0.0518. The van der Waals surface area contributed by atoms with Crippen LogP contribution in [0, 0.1) is 0 Å². The summed E-state index contributed by atoms with van der Waals surface area (Å²) in [5, 5.41) is 0. The summed E-state index contributed by atoms with van der Waals surface area (Å²) >= 11 is 0. The molecule has 4 nitrogen and oxygen atoms in total. The maximum atomic E-state index is 12.3. The second-order valence-electron chi connectivity index (χ2n) is 4.26. The number of likely N-dealkylation sites (N-methyl/N-ethyl adjacent to an activating group) is 1. The van der Waals surface area contributed by atoms with E-state index in [1.54, 1.807) is 37.5 Å². The van der Waals surface area contributed by atoms with Crippen molar-refractivity contribution >= 4 is 5.91 Å². The molecule has 0 spiro atoms. The normalized spacial score (nSPS) is 10.2. The predicted molar refractivity (Wildman–Crippen MR) is 72.4 cm³/mol. The van der Waals surface area contributed by atoms with Gasteiger partial charge in [0.2, 0.25) is 0 Å². The number of benzene rings is 1. The minimum Gasteiger partial charge on any atom is -0.496 e. The Labute approximate surface area is 112 Å². The molecule has 0 saturated heterocycles. The van der Waals surface area contributed by atoms with Crippen LogP contribution in [0.15, 0.2) is 47.1 Å². The number of furan rings is 1. The Morgan fingerprint density at radius 3 is 2.74 bits per heavy atom. The molecule has 0 fully saturated rings. The Kier molecular flexibility index (Phi) is 4.23. The van der Waals surface area contributed by atoms with Gasteiger partial charge in [0.1, 0.15) is 11.5 Å². The van der Waals surface area contributed by atoms with Gasteiger partial charge >= 0.3 is 0 Å². The van der Waals surface area contributed by atoms with Crippen molar-refractivity contribution in [2.24, 2.45) is 0 Å².